The largest absolute Gasteiger partial charge is 0.476 e. The van der Waals surface area contributed by atoms with Crippen LogP contribution in [-0.2, 0) is 0 Å². The van der Waals surface area contributed by atoms with Crippen LogP contribution >= 0.6 is 11.6 Å². The zero-order valence-electron chi connectivity index (χ0n) is 8.95. The Labute approximate surface area is 99.3 Å². The normalized spacial score (nSPS) is 16.4. The van der Waals surface area contributed by atoms with Crippen molar-refractivity contribution in [2.75, 3.05) is 12.0 Å². The van der Waals surface area contributed by atoms with Gasteiger partial charge in [0.2, 0.25) is 11.8 Å². The molecule has 6 heteroatoms. The van der Waals surface area contributed by atoms with Crippen molar-refractivity contribution in [3.05, 3.63) is 11.2 Å². The van der Waals surface area contributed by atoms with Gasteiger partial charge < -0.3 is 4.74 Å². The van der Waals surface area contributed by atoms with Gasteiger partial charge in [-0.1, -0.05) is 24.4 Å². The van der Waals surface area contributed by atoms with Gasteiger partial charge in [0.1, 0.15) is 5.02 Å². The van der Waals surface area contributed by atoms with Crippen molar-refractivity contribution in [2.45, 2.75) is 25.7 Å². The third-order valence-corrected chi connectivity index (χ3v) is 3.03. The standard InChI is InChI=1S/C10H15ClN4O/c11-8-5-13-10(15-12)14-9(8)16-6-7-3-1-2-4-7/h5,7H,1-4,6,12H2,(H,13,14,15). The Bertz CT molecular complexity index is 355. The highest BCUT2D eigenvalue weighted by molar-refractivity contribution is 6.31. The Morgan fingerprint density at radius 1 is 1.50 bits per heavy atom. The Kier molecular flexibility index (Phi) is 3.79. The average Bonchev–Trinajstić information content (AvgIpc) is 2.81. The fourth-order valence-corrected chi connectivity index (χ4v) is 2.04. The zero-order valence-corrected chi connectivity index (χ0v) is 9.70. The summed E-state index contributed by atoms with van der Waals surface area (Å²) in [7, 11) is 0. The van der Waals surface area contributed by atoms with Crippen LogP contribution in [0.2, 0.25) is 5.02 Å². The van der Waals surface area contributed by atoms with Crippen LogP contribution in [0.5, 0.6) is 5.88 Å². The molecule has 0 aromatic carbocycles. The summed E-state index contributed by atoms with van der Waals surface area (Å²) in [4.78, 5) is 7.93. The highest BCUT2D eigenvalue weighted by Gasteiger charge is 2.16. The molecule has 2 rings (SSSR count). The second-order valence-electron chi connectivity index (χ2n) is 3.95. The van der Waals surface area contributed by atoms with Crippen LogP contribution in [0.25, 0.3) is 0 Å². The first-order valence-corrected chi connectivity index (χ1v) is 5.79. The number of nitrogen functional groups attached to an aromatic ring is 1. The minimum absolute atomic E-state index is 0.311. The Morgan fingerprint density at radius 3 is 2.94 bits per heavy atom. The number of hydrogen-bond donors (Lipinski definition) is 2. The lowest BCUT2D eigenvalue weighted by atomic mass is 10.1. The van der Waals surface area contributed by atoms with Crippen molar-refractivity contribution in [2.24, 2.45) is 11.8 Å². The molecule has 0 aliphatic heterocycles. The summed E-state index contributed by atoms with van der Waals surface area (Å²) in [5.41, 5.74) is 2.36. The second-order valence-corrected chi connectivity index (χ2v) is 4.36. The maximum absolute atomic E-state index is 5.92. The first-order chi connectivity index (χ1) is 7.79. The van der Waals surface area contributed by atoms with E-state index in [1.54, 1.807) is 0 Å². The predicted molar refractivity (Wildman–Crippen MR) is 62.3 cm³/mol. The summed E-state index contributed by atoms with van der Waals surface area (Å²) in [6.07, 6.45) is 6.52. The van der Waals surface area contributed by atoms with Gasteiger partial charge in [0.25, 0.3) is 0 Å². The molecule has 1 aliphatic rings. The van der Waals surface area contributed by atoms with Gasteiger partial charge in [0, 0.05) is 0 Å². The summed E-state index contributed by atoms with van der Waals surface area (Å²) >= 11 is 5.92. The van der Waals surface area contributed by atoms with Gasteiger partial charge in [-0.15, -0.1) is 0 Å². The van der Waals surface area contributed by atoms with Crippen LogP contribution in [0.1, 0.15) is 25.7 Å². The quantitative estimate of drug-likeness (QED) is 0.624. The van der Waals surface area contributed by atoms with Crippen LogP contribution in [0, 0.1) is 5.92 Å². The van der Waals surface area contributed by atoms with Crippen molar-refractivity contribution in [1.82, 2.24) is 9.97 Å². The van der Waals surface area contributed by atoms with Crippen LogP contribution in [0.15, 0.2) is 6.20 Å². The molecule has 1 saturated carbocycles. The zero-order chi connectivity index (χ0) is 11.4. The van der Waals surface area contributed by atoms with E-state index in [1.807, 2.05) is 0 Å². The second kappa shape index (κ2) is 5.32. The lowest BCUT2D eigenvalue weighted by molar-refractivity contribution is 0.243. The molecule has 0 bridgehead atoms. The van der Waals surface area contributed by atoms with Crippen LogP contribution in [0.3, 0.4) is 0 Å². The number of nitrogens with zero attached hydrogens (tertiary/aromatic N) is 2. The van der Waals surface area contributed by atoms with Crippen molar-refractivity contribution in [1.29, 1.82) is 0 Å². The molecule has 0 unspecified atom stereocenters. The van der Waals surface area contributed by atoms with E-state index in [0.717, 1.165) is 0 Å². The van der Waals surface area contributed by atoms with Gasteiger partial charge in [-0.2, -0.15) is 4.98 Å². The minimum atomic E-state index is 0.311. The first-order valence-electron chi connectivity index (χ1n) is 5.41. The number of nitrogens with two attached hydrogens (primary N) is 1. The molecule has 0 amide bonds. The third kappa shape index (κ3) is 2.74. The highest BCUT2D eigenvalue weighted by Crippen LogP contribution is 2.27. The van der Waals surface area contributed by atoms with Crippen molar-refractivity contribution < 1.29 is 4.74 Å². The number of nitrogens with one attached hydrogen (secondary N) is 1. The van der Waals surface area contributed by atoms with E-state index >= 15 is 0 Å². The van der Waals surface area contributed by atoms with Gasteiger partial charge in [-0.25, -0.2) is 10.8 Å². The Hall–Kier alpha value is -1.07. The molecule has 16 heavy (non-hydrogen) atoms. The fraction of sp³-hybridized carbons (Fsp3) is 0.600. The number of rotatable bonds is 4. The highest BCUT2D eigenvalue weighted by atomic mass is 35.5. The Morgan fingerprint density at radius 2 is 2.25 bits per heavy atom. The van der Waals surface area contributed by atoms with E-state index in [9.17, 15) is 0 Å². The lowest BCUT2D eigenvalue weighted by Gasteiger charge is -2.11. The van der Waals surface area contributed by atoms with Crippen LogP contribution in [0.4, 0.5) is 5.95 Å². The van der Waals surface area contributed by atoms with Crippen molar-refractivity contribution in [3.8, 4) is 5.88 Å². The summed E-state index contributed by atoms with van der Waals surface area (Å²) < 4.78 is 5.58. The molecule has 0 radical (unpaired) electrons. The molecule has 0 spiro atoms. The number of hydrogen-bond acceptors (Lipinski definition) is 5. The van der Waals surface area contributed by atoms with E-state index in [0.29, 0.717) is 29.4 Å². The van der Waals surface area contributed by atoms with Gasteiger partial charge in [-0.3, -0.25) is 5.43 Å². The molecule has 1 aromatic rings. The number of hydrazine groups is 1. The molecule has 1 aliphatic carbocycles. The molecule has 0 saturated heterocycles. The smallest absolute Gasteiger partial charge is 0.240 e. The van der Waals surface area contributed by atoms with Crippen molar-refractivity contribution in [3.63, 3.8) is 0 Å². The first kappa shape index (κ1) is 11.4. The molecule has 1 fully saturated rings. The number of halogens is 1. The Balaban J connectivity index is 1.96. The van der Waals surface area contributed by atoms with E-state index in [-0.39, 0.29) is 0 Å². The van der Waals surface area contributed by atoms with E-state index in [2.05, 4.69) is 15.4 Å². The molecular formula is C10H15ClN4O. The maximum atomic E-state index is 5.92. The number of anilines is 1. The maximum Gasteiger partial charge on any atom is 0.240 e. The van der Waals surface area contributed by atoms with E-state index in [1.165, 1.54) is 31.9 Å². The van der Waals surface area contributed by atoms with Crippen molar-refractivity contribution >= 4 is 17.5 Å². The molecule has 1 heterocycles. The minimum Gasteiger partial charge on any atom is -0.476 e. The van der Waals surface area contributed by atoms with Gasteiger partial charge in [-0.05, 0) is 18.8 Å². The molecule has 5 nitrogen and oxygen atoms in total. The van der Waals surface area contributed by atoms with Crippen LogP contribution in [-0.4, -0.2) is 16.6 Å². The van der Waals surface area contributed by atoms with Gasteiger partial charge in [0.05, 0.1) is 12.8 Å². The van der Waals surface area contributed by atoms with Crippen LogP contribution < -0.4 is 16.0 Å². The SMILES string of the molecule is NNc1ncc(Cl)c(OCC2CCCC2)n1. The summed E-state index contributed by atoms with van der Waals surface area (Å²) in [5, 5.41) is 0.414. The summed E-state index contributed by atoms with van der Waals surface area (Å²) in [6.45, 7) is 0.667. The monoisotopic (exact) mass is 242 g/mol. The topological polar surface area (TPSA) is 73.1 Å². The van der Waals surface area contributed by atoms with E-state index < -0.39 is 0 Å². The van der Waals surface area contributed by atoms with Gasteiger partial charge in [0.15, 0.2) is 0 Å². The number of aromatic nitrogens is 2. The number of ether oxygens (including phenoxy) is 1. The van der Waals surface area contributed by atoms with E-state index in [4.69, 9.17) is 22.2 Å². The summed E-state index contributed by atoms with van der Waals surface area (Å²) in [5.74, 6) is 6.55. The molecule has 88 valence electrons. The van der Waals surface area contributed by atoms with Gasteiger partial charge >= 0.3 is 0 Å². The lowest BCUT2D eigenvalue weighted by Crippen LogP contribution is -2.13. The summed E-state index contributed by atoms with van der Waals surface area (Å²) in [6, 6.07) is 0. The average molecular weight is 243 g/mol. The fourth-order valence-electron chi connectivity index (χ4n) is 1.90. The molecule has 3 N–H and O–H groups in total. The molecular weight excluding hydrogens is 228 g/mol. The molecule has 1 aromatic heterocycles. The third-order valence-electron chi connectivity index (χ3n) is 2.77. The predicted octanol–water partition coefficient (Wildman–Crippen LogP) is 1.98. The molecule has 0 atom stereocenters.